The maximum absolute atomic E-state index is 13.1. The summed E-state index contributed by atoms with van der Waals surface area (Å²) in [5.41, 5.74) is 0. The molecule has 0 aromatic heterocycles. The van der Waals surface area contributed by atoms with Crippen molar-refractivity contribution in [2.75, 3.05) is 39.6 Å². The van der Waals surface area contributed by atoms with Crippen LogP contribution in [0.2, 0.25) is 0 Å². The summed E-state index contributed by atoms with van der Waals surface area (Å²) in [6.45, 7) is 9.55. The van der Waals surface area contributed by atoms with E-state index in [9.17, 15) is 43.2 Å². The molecule has 0 heterocycles. The van der Waals surface area contributed by atoms with E-state index in [1.54, 1.807) is 0 Å². The molecule has 19 heteroatoms. The van der Waals surface area contributed by atoms with Crippen molar-refractivity contribution in [3.8, 4) is 0 Å². The first-order valence-electron chi connectivity index (χ1n) is 39.3. The summed E-state index contributed by atoms with van der Waals surface area (Å²) in [6, 6.07) is 0. The summed E-state index contributed by atoms with van der Waals surface area (Å²) in [5, 5.41) is 10.6. The Bertz CT molecular complexity index is 1950. The summed E-state index contributed by atoms with van der Waals surface area (Å²) in [6.07, 6.45) is 58.9. The highest BCUT2D eigenvalue weighted by Gasteiger charge is 2.30. The van der Waals surface area contributed by atoms with Gasteiger partial charge in [0.15, 0.2) is 12.2 Å². The minimum atomic E-state index is -4.97. The number of aliphatic hydroxyl groups excluding tert-OH is 1. The summed E-state index contributed by atoms with van der Waals surface area (Å²) < 4.78 is 68.5. The van der Waals surface area contributed by atoms with Gasteiger partial charge in [0.2, 0.25) is 0 Å². The maximum Gasteiger partial charge on any atom is 0.472 e. The van der Waals surface area contributed by atoms with Gasteiger partial charge in [0, 0.05) is 25.7 Å². The van der Waals surface area contributed by atoms with Gasteiger partial charge in [-0.25, -0.2) is 9.13 Å². The van der Waals surface area contributed by atoms with E-state index in [0.29, 0.717) is 25.7 Å². The van der Waals surface area contributed by atoms with Crippen LogP contribution in [0.3, 0.4) is 0 Å². The number of unbranched alkanes of at least 4 members (excludes halogenated alkanes) is 40. The second kappa shape index (κ2) is 68.3. The molecule has 0 fully saturated rings. The van der Waals surface area contributed by atoms with Gasteiger partial charge < -0.3 is 33.8 Å². The average Bonchev–Trinajstić information content (AvgIpc) is 2.04. The Morgan fingerprint density at radius 3 is 0.938 bits per heavy atom. The molecule has 0 aromatic carbocycles. The number of carbonyl (C=O) groups excluding carboxylic acids is 4. The monoisotopic (exact) mass is 1410 g/mol. The molecule has 0 saturated carbocycles. The lowest BCUT2D eigenvalue weighted by Crippen LogP contribution is -2.30. The fourth-order valence-electron chi connectivity index (χ4n) is 11.3. The SMILES string of the molecule is CCCCCC/C=C\C=C/CCCCCCCC(=O)O[C@H](COC(=O)CCCCCCCCCCCCCCC(C)C)COP(=O)(O)OC[C@@H](O)COP(=O)(O)OC[C@@H](COC(=O)CCCCCCCCCCC(C)CC)OC(=O)CCCCCCCCCCCCCCCC. The van der Waals surface area contributed by atoms with E-state index in [4.69, 9.17) is 37.0 Å². The molecule has 17 nitrogen and oxygen atoms in total. The normalized spacial score (nSPS) is 14.4. The van der Waals surface area contributed by atoms with Crippen molar-refractivity contribution in [2.24, 2.45) is 11.8 Å². The number of rotatable bonds is 74. The van der Waals surface area contributed by atoms with Crippen LogP contribution in [0.4, 0.5) is 0 Å². The third-order valence-corrected chi connectivity index (χ3v) is 19.6. The summed E-state index contributed by atoms with van der Waals surface area (Å²) in [5.74, 6) is -0.588. The molecule has 0 aliphatic carbocycles. The highest BCUT2D eigenvalue weighted by Crippen LogP contribution is 2.45. The molecule has 0 aliphatic rings. The Hall–Kier alpha value is -2.46. The molecule has 3 N–H and O–H groups in total. The van der Waals surface area contributed by atoms with Crippen LogP contribution in [0, 0.1) is 11.8 Å². The first-order valence-corrected chi connectivity index (χ1v) is 42.3. The third-order valence-electron chi connectivity index (χ3n) is 17.7. The van der Waals surface area contributed by atoms with Gasteiger partial charge in [0.25, 0.3) is 0 Å². The molecule has 0 aliphatic heterocycles. The Morgan fingerprint density at radius 1 is 0.344 bits per heavy atom. The number of allylic oxidation sites excluding steroid dienone is 4. The number of hydrogen-bond donors (Lipinski definition) is 3. The summed E-state index contributed by atoms with van der Waals surface area (Å²) in [7, 11) is -9.93. The van der Waals surface area contributed by atoms with Gasteiger partial charge in [0.1, 0.15) is 19.3 Å². The van der Waals surface area contributed by atoms with E-state index < -0.39 is 97.5 Å². The fourth-order valence-corrected chi connectivity index (χ4v) is 12.8. The zero-order valence-corrected chi connectivity index (χ0v) is 63.9. The van der Waals surface area contributed by atoms with Gasteiger partial charge in [0.05, 0.1) is 26.4 Å². The van der Waals surface area contributed by atoms with Crippen LogP contribution in [0.1, 0.15) is 375 Å². The van der Waals surface area contributed by atoms with E-state index in [-0.39, 0.29) is 25.7 Å². The van der Waals surface area contributed by atoms with Crippen molar-refractivity contribution in [1.29, 1.82) is 0 Å². The zero-order chi connectivity index (χ0) is 70.7. The summed E-state index contributed by atoms with van der Waals surface area (Å²) >= 11 is 0. The van der Waals surface area contributed by atoms with Crippen molar-refractivity contribution in [3.05, 3.63) is 24.3 Å². The highest BCUT2D eigenvalue weighted by atomic mass is 31.2. The molecule has 0 bridgehead atoms. The average molecular weight is 1410 g/mol. The van der Waals surface area contributed by atoms with Gasteiger partial charge in [-0.05, 0) is 63.2 Å². The predicted octanol–water partition coefficient (Wildman–Crippen LogP) is 22.3. The van der Waals surface area contributed by atoms with E-state index in [1.807, 2.05) is 0 Å². The smallest absolute Gasteiger partial charge is 0.462 e. The van der Waals surface area contributed by atoms with E-state index in [1.165, 1.54) is 180 Å². The molecule has 566 valence electrons. The molecule has 0 spiro atoms. The van der Waals surface area contributed by atoms with E-state index in [0.717, 1.165) is 115 Å². The largest absolute Gasteiger partial charge is 0.472 e. The van der Waals surface area contributed by atoms with Gasteiger partial charge in [-0.15, -0.1) is 0 Å². The Labute approximate surface area is 586 Å². The Morgan fingerprint density at radius 2 is 0.615 bits per heavy atom. The van der Waals surface area contributed by atoms with Crippen LogP contribution < -0.4 is 0 Å². The third kappa shape index (κ3) is 68.7. The number of ether oxygens (including phenoxy) is 4. The molecule has 6 atom stereocenters. The number of phosphoric ester groups is 2. The topological polar surface area (TPSA) is 237 Å². The molecule has 0 saturated heterocycles. The van der Waals surface area contributed by atoms with E-state index in [2.05, 4.69) is 65.8 Å². The number of phosphoric acid groups is 2. The number of esters is 4. The first kappa shape index (κ1) is 93.5. The number of hydrogen-bond acceptors (Lipinski definition) is 15. The van der Waals surface area contributed by atoms with Crippen molar-refractivity contribution < 1.29 is 80.2 Å². The van der Waals surface area contributed by atoms with Crippen molar-refractivity contribution >= 4 is 39.5 Å². The van der Waals surface area contributed by atoms with Crippen LogP contribution in [0.25, 0.3) is 0 Å². The first-order chi connectivity index (χ1) is 46.4. The maximum atomic E-state index is 13.1. The molecule has 0 aromatic rings. The van der Waals surface area contributed by atoms with Crippen molar-refractivity contribution in [2.45, 2.75) is 394 Å². The van der Waals surface area contributed by atoms with E-state index >= 15 is 0 Å². The molecular weight excluding hydrogens is 1260 g/mol. The lowest BCUT2D eigenvalue weighted by Gasteiger charge is -2.21. The minimum Gasteiger partial charge on any atom is -0.462 e. The number of aliphatic hydroxyl groups is 1. The molecule has 3 unspecified atom stereocenters. The van der Waals surface area contributed by atoms with Gasteiger partial charge in [-0.3, -0.25) is 37.3 Å². The van der Waals surface area contributed by atoms with Crippen LogP contribution in [-0.2, 0) is 65.4 Å². The van der Waals surface area contributed by atoms with Crippen molar-refractivity contribution in [1.82, 2.24) is 0 Å². The fraction of sp³-hybridized carbons (Fsp3) is 0.896. The highest BCUT2D eigenvalue weighted by molar-refractivity contribution is 7.47. The minimum absolute atomic E-state index is 0.0851. The van der Waals surface area contributed by atoms with Crippen LogP contribution >= 0.6 is 15.6 Å². The van der Waals surface area contributed by atoms with Crippen LogP contribution in [0.15, 0.2) is 24.3 Å². The van der Waals surface area contributed by atoms with Gasteiger partial charge in [-0.1, -0.05) is 323 Å². The standard InChI is InChI=1S/C77H146O17P2/c1-7-10-12-14-16-18-20-22-24-26-32-36-44-50-56-62-77(82)93-72(65-87-74(79)59-53-47-41-34-30-28-27-29-33-39-45-51-57-69(4)5)67-91-95(83,84)89-63-71(78)64-90-96(85,86)92-68-73(66-88-75(80)60-54-48-42-38-37-40-46-52-58-70(6)9-3)94-76(81)61-55-49-43-35-31-25-23-21-19-17-15-13-11-8-2/h18,20,22,24,69-73,78H,7-17,19,21,23,25-68H2,1-6H3,(H,83,84)(H,85,86)/b20-18-,24-22-/t70?,71-,72-,73-/m1/s1. The molecule has 0 amide bonds. The lowest BCUT2D eigenvalue weighted by atomic mass is 9.99. The number of carbonyl (C=O) groups is 4. The van der Waals surface area contributed by atoms with Gasteiger partial charge >= 0.3 is 39.5 Å². The molecule has 0 rings (SSSR count). The second-order valence-electron chi connectivity index (χ2n) is 27.8. The molecular formula is C77H146O17P2. The zero-order valence-electron chi connectivity index (χ0n) is 62.2. The summed E-state index contributed by atoms with van der Waals surface area (Å²) in [4.78, 5) is 72.9. The predicted molar refractivity (Wildman–Crippen MR) is 391 cm³/mol. The Balaban J connectivity index is 5.31. The van der Waals surface area contributed by atoms with Gasteiger partial charge in [-0.2, -0.15) is 0 Å². The molecule has 96 heavy (non-hydrogen) atoms. The van der Waals surface area contributed by atoms with Crippen LogP contribution in [0.5, 0.6) is 0 Å². The lowest BCUT2D eigenvalue weighted by molar-refractivity contribution is -0.161. The molecule has 0 radical (unpaired) electrons. The van der Waals surface area contributed by atoms with Crippen LogP contribution in [-0.4, -0.2) is 96.7 Å². The Kier molecular flexibility index (Phi) is 66.6. The second-order valence-corrected chi connectivity index (χ2v) is 30.7. The quantitative estimate of drug-likeness (QED) is 0.0169. The van der Waals surface area contributed by atoms with Crippen molar-refractivity contribution in [3.63, 3.8) is 0 Å².